The molecule has 0 saturated carbocycles. The van der Waals surface area contributed by atoms with Crippen molar-refractivity contribution in [1.82, 2.24) is 25.1 Å². The molecule has 0 unspecified atom stereocenters. The molecule has 7 heteroatoms. The van der Waals surface area contributed by atoms with Gasteiger partial charge in [0.1, 0.15) is 5.82 Å². The van der Waals surface area contributed by atoms with Crippen LogP contribution in [0.1, 0.15) is 0 Å². The molecule has 0 radical (unpaired) electrons. The molecule has 2 aliphatic rings. The van der Waals surface area contributed by atoms with Gasteiger partial charge in [-0.15, -0.1) is 5.10 Å². The van der Waals surface area contributed by atoms with Gasteiger partial charge in [-0.05, 0) is 24.0 Å². The molecule has 2 aliphatic heterocycles. The molecule has 2 fully saturated rings. The Labute approximate surface area is 103 Å². The minimum absolute atomic E-state index is 0.284. The molecule has 94 valence electrons. The maximum atomic E-state index is 11.5. The fourth-order valence-electron chi connectivity index (χ4n) is 3.00. The van der Waals surface area contributed by atoms with Gasteiger partial charge in [0.05, 0.1) is 0 Å². The number of nitrogens with one attached hydrogen (secondary N) is 2. The summed E-state index contributed by atoms with van der Waals surface area (Å²) in [6.45, 7) is 4.22. The SMILES string of the molecule is O=c1[nH]nc2ccc(N3C[C@H]4CNC[C@H]4C3)nn12. The highest BCUT2D eigenvalue weighted by atomic mass is 16.2. The van der Waals surface area contributed by atoms with Gasteiger partial charge in [0, 0.05) is 26.2 Å². The third kappa shape index (κ3) is 1.37. The molecule has 0 aromatic carbocycles. The van der Waals surface area contributed by atoms with E-state index in [9.17, 15) is 4.79 Å². The molecule has 0 aliphatic carbocycles. The van der Waals surface area contributed by atoms with Crippen molar-refractivity contribution in [3.8, 4) is 0 Å². The van der Waals surface area contributed by atoms with Crippen molar-refractivity contribution in [2.24, 2.45) is 11.8 Å². The lowest BCUT2D eigenvalue weighted by Crippen LogP contribution is -2.27. The number of hydrogen-bond donors (Lipinski definition) is 2. The number of aromatic amines is 1. The monoisotopic (exact) mass is 246 g/mol. The molecule has 18 heavy (non-hydrogen) atoms. The Hall–Kier alpha value is -1.89. The van der Waals surface area contributed by atoms with Crippen LogP contribution >= 0.6 is 0 Å². The first-order valence-corrected chi connectivity index (χ1v) is 6.21. The Morgan fingerprint density at radius 3 is 2.78 bits per heavy atom. The van der Waals surface area contributed by atoms with Crippen LogP contribution in [0, 0.1) is 11.8 Å². The van der Waals surface area contributed by atoms with Crippen LogP contribution in [0.25, 0.3) is 5.65 Å². The largest absolute Gasteiger partial charge is 0.364 e. The molecule has 7 nitrogen and oxygen atoms in total. The van der Waals surface area contributed by atoms with Crippen LogP contribution < -0.4 is 15.9 Å². The minimum atomic E-state index is -0.284. The lowest BCUT2D eigenvalue weighted by molar-refractivity contribution is 0.533. The molecule has 0 bridgehead atoms. The smallest absolute Gasteiger partial charge is 0.355 e. The summed E-state index contributed by atoms with van der Waals surface area (Å²) < 4.78 is 1.32. The van der Waals surface area contributed by atoms with Crippen LogP contribution in [0.4, 0.5) is 5.82 Å². The Morgan fingerprint density at radius 1 is 1.22 bits per heavy atom. The highest BCUT2D eigenvalue weighted by Crippen LogP contribution is 2.29. The molecular formula is C11H14N6O. The second kappa shape index (κ2) is 3.55. The summed E-state index contributed by atoms with van der Waals surface area (Å²) in [7, 11) is 0. The zero-order valence-electron chi connectivity index (χ0n) is 9.83. The van der Waals surface area contributed by atoms with E-state index in [0.717, 1.165) is 32.0 Å². The predicted octanol–water partition coefficient (Wildman–Crippen LogP) is -0.927. The van der Waals surface area contributed by atoms with Gasteiger partial charge in [-0.1, -0.05) is 0 Å². The standard InChI is InChI=1S/C11H14N6O/c18-11-14-13-9-1-2-10(15-17(9)11)16-5-7-3-12-4-8(7)6-16/h1-2,7-8,12H,3-6H2,(H,14,18)/t7-,8+. The number of aromatic nitrogens is 4. The highest BCUT2D eigenvalue weighted by Gasteiger charge is 2.36. The van der Waals surface area contributed by atoms with Crippen molar-refractivity contribution in [3.63, 3.8) is 0 Å². The van der Waals surface area contributed by atoms with Crippen molar-refractivity contribution in [2.75, 3.05) is 31.1 Å². The van der Waals surface area contributed by atoms with E-state index in [1.807, 2.05) is 12.1 Å². The van der Waals surface area contributed by atoms with E-state index in [2.05, 4.69) is 25.5 Å². The Balaban J connectivity index is 1.70. The zero-order chi connectivity index (χ0) is 12.1. The molecular weight excluding hydrogens is 232 g/mol. The van der Waals surface area contributed by atoms with Crippen LogP contribution in [-0.2, 0) is 0 Å². The van der Waals surface area contributed by atoms with E-state index < -0.39 is 0 Å². The molecule has 2 atom stereocenters. The van der Waals surface area contributed by atoms with Gasteiger partial charge in [0.2, 0.25) is 0 Å². The van der Waals surface area contributed by atoms with Gasteiger partial charge in [-0.3, -0.25) is 0 Å². The van der Waals surface area contributed by atoms with Crippen LogP contribution in [0.5, 0.6) is 0 Å². The molecule has 2 N–H and O–H groups in total. The van der Waals surface area contributed by atoms with Gasteiger partial charge in [-0.2, -0.15) is 9.61 Å². The summed E-state index contributed by atoms with van der Waals surface area (Å²) in [6.07, 6.45) is 0. The minimum Gasteiger partial charge on any atom is -0.355 e. The fourth-order valence-corrected chi connectivity index (χ4v) is 3.00. The van der Waals surface area contributed by atoms with Crippen molar-refractivity contribution < 1.29 is 0 Å². The summed E-state index contributed by atoms with van der Waals surface area (Å²) >= 11 is 0. The number of fused-ring (bicyclic) bond motifs is 2. The van der Waals surface area contributed by atoms with E-state index in [1.54, 1.807) is 0 Å². The van der Waals surface area contributed by atoms with Crippen LogP contribution in [0.15, 0.2) is 16.9 Å². The number of rotatable bonds is 1. The number of anilines is 1. The summed E-state index contributed by atoms with van der Waals surface area (Å²) in [4.78, 5) is 13.8. The maximum Gasteiger partial charge on any atom is 0.364 e. The lowest BCUT2D eigenvalue weighted by atomic mass is 10.0. The van der Waals surface area contributed by atoms with Crippen molar-refractivity contribution >= 4 is 11.5 Å². The average Bonchev–Trinajstić information content (AvgIpc) is 3.03. The van der Waals surface area contributed by atoms with E-state index in [0.29, 0.717) is 17.5 Å². The van der Waals surface area contributed by atoms with Gasteiger partial charge in [-0.25, -0.2) is 9.89 Å². The molecule has 2 saturated heterocycles. The fraction of sp³-hybridized carbons (Fsp3) is 0.545. The lowest BCUT2D eigenvalue weighted by Gasteiger charge is -2.17. The van der Waals surface area contributed by atoms with Gasteiger partial charge < -0.3 is 10.2 Å². The van der Waals surface area contributed by atoms with E-state index in [4.69, 9.17) is 0 Å². The van der Waals surface area contributed by atoms with Crippen molar-refractivity contribution in [1.29, 1.82) is 0 Å². The van der Waals surface area contributed by atoms with E-state index in [-0.39, 0.29) is 5.69 Å². The summed E-state index contributed by atoms with van der Waals surface area (Å²) in [6, 6.07) is 3.76. The Morgan fingerprint density at radius 2 is 2.00 bits per heavy atom. The number of H-pyrrole nitrogens is 1. The summed E-state index contributed by atoms with van der Waals surface area (Å²) in [5, 5.41) is 14.1. The molecule has 4 heterocycles. The number of hydrogen-bond acceptors (Lipinski definition) is 5. The molecule has 4 rings (SSSR count). The normalized spacial score (nSPS) is 27.0. The zero-order valence-corrected chi connectivity index (χ0v) is 9.83. The molecule has 2 aromatic heterocycles. The van der Waals surface area contributed by atoms with Gasteiger partial charge in [0.25, 0.3) is 0 Å². The topological polar surface area (TPSA) is 78.3 Å². The molecule has 2 aromatic rings. The number of nitrogens with zero attached hydrogens (tertiary/aromatic N) is 4. The van der Waals surface area contributed by atoms with Crippen LogP contribution in [0.2, 0.25) is 0 Å². The third-order valence-corrected chi connectivity index (χ3v) is 3.97. The second-order valence-corrected chi connectivity index (χ2v) is 5.07. The highest BCUT2D eigenvalue weighted by molar-refractivity contribution is 5.46. The van der Waals surface area contributed by atoms with Crippen molar-refractivity contribution in [3.05, 3.63) is 22.6 Å². The van der Waals surface area contributed by atoms with E-state index >= 15 is 0 Å². The molecule has 0 amide bonds. The van der Waals surface area contributed by atoms with Crippen LogP contribution in [-0.4, -0.2) is 46.0 Å². The Kier molecular flexibility index (Phi) is 1.99. The summed E-state index contributed by atoms with van der Waals surface area (Å²) in [5.41, 5.74) is 0.276. The predicted molar refractivity (Wildman–Crippen MR) is 65.7 cm³/mol. The Bertz CT molecular complexity index is 634. The van der Waals surface area contributed by atoms with Gasteiger partial charge >= 0.3 is 5.69 Å². The van der Waals surface area contributed by atoms with E-state index in [1.165, 1.54) is 4.52 Å². The quantitative estimate of drug-likeness (QED) is 0.680. The average molecular weight is 246 g/mol. The first-order valence-electron chi connectivity index (χ1n) is 6.21. The van der Waals surface area contributed by atoms with Crippen LogP contribution in [0.3, 0.4) is 0 Å². The molecule has 0 spiro atoms. The van der Waals surface area contributed by atoms with Crippen molar-refractivity contribution in [2.45, 2.75) is 0 Å². The second-order valence-electron chi connectivity index (χ2n) is 5.07. The van der Waals surface area contributed by atoms with Gasteiger partial charge in [0.15, 0.2) is 5.65 Å². The summed E-state index contributed by atoms with van der Waals surface area (Å²) in [5.74, 6) is 2.28. The first-order chi connectivity index (χ1) is 8.81. The third-order valence-electron chi connectivity index (χ3n) is 3.97. The first kappa shape index (κ1) is 10.1. The maximum absolute atomic E-state index is 11.5.